The highest BCUT2D eigenvalue weighted by molar-refractivity contribution is 5.98. The highest BCUT2D eigenvalue weighted by atomic mass is 16.2. The number of nitrogens with two attached hydrogens (primary N) is 1. The molecule has 1 unspecified atom stereocenters. The van der Waals surface area contributed by atoms with E-state index in [1.807, 2.05) is 4.90 Å². The van der Waals surface area contributed by atoms with Gasteiger partial charge in [-0.2, -0.15) is 0 Å². The van der Waals surface area contributed by atoms with Gasteiger partial charge in [-0.05, 0) is 25.8 Å². The van der Waals surface area contributed by atoms with Crippen molar-refractivity contribution >= 4 is 11.6 Å². The largest absolute Gasteiger partial charge is 0.398 e. The molecule has 0 aromatic carbocycles. The molecule has 1 aromatic heterocycles. The van der Waals surface area contributed by atoms with Crippen molar-refractivity contribution in [2.45, 2.75) is 38.6 Å². The topological polar surface area (TPSA) is 59.2 Å². The average Bonchev–Trinajstić information content (AvgIpc) is 2.54. The third kappa shape index (κ3) is 2.57. The Balaban J connectivity index is 2.21. The van der Waals surface area contributed by atoms with Crippen LogP contribution in [0.5, 0.6) is 0 Å². The van der Waals surface area contributed by atoms with E-state index in [4.69, 9.17) is 5.73 Å². The minimum absolute atomic E-state index is 0.0185. The van der Waals surface area contributed by atoms with Crippen molar-refractivity contribution in [2.24, 2.45) is 0 Å². The van der Waals surface area contributed by atoms with Crippen molar-refractivity contribution in [1.82, 2.24) is 9.88 Å². The summed E-state index contributed by atoms with van der Waals surface area (Å²) in [7, 11) is 0. The highest BCUT2D eigenvalue weighted by Gasteiger charge is 2.24. The van der Waals surface area contributed by atoms with Crippen molar-refractivity contribution in [2.75, 3.05) is 12.3 Å². The molecule has 1 atom stereocenters. The van der Waals surface area contributed by atoms with Gasteiger partial charge in [0.25, 0.3) is 5.91 Å². The summed E-state index contributed by atoms with van der Waals surface area (Å²) in [6, 6.07) is 1.97. The van der Waals surface area contributed by atoms with Crippen LogP contribution in [0.1, 0.15) is 43.0 Å². The summed E-state index contributed by atoms with van der Waals surface area (Å²) in [4.78, 5) is 18.3. The van der Waals surface area contributed by atoms with Crippen LogP contribution >= 0.6 is 0 Å². The maximum atomic E-state index is 12.4. The second-order valence-corrected chi connectivity index (χ2v) is 4.66. The van der Waals surface area contributed by atoms with E-state index >= 15 is 0 Å². The first-order valence-corrected chi connectivity index (χ1v) is 6.20. The predicted octanol–water partition coefficient (Wildman–Crippen LogP) is 2.07. The molecule has 2 rings (SSSR count). The number of hydrogen-bond donors (Lipinski definition) is 1. The molecule has 2 N–H and O–H groups in total. The molecule has 1 amide bonds. The fourth-order valence-corrected chi connectivity index (χ4v) is 2.32. The van der Waals surface area contributed by atoms with Crippen molar-refractivity contribution in [3.05, 3.63) is 24.0 Å². The monoisotopic (exact) mass is 233 g/mol. The van der Waals surface area contributed by atoms with Gasteiger partial charge in [0.05, 0.1) is 5.56 Å². The van der Waals surface area contributed by atoms with Crippen LogP contribution in [-0.2, 0) is 0 Å². The third-order valence-electron chi connectivity index (χ3n) is 3.40. The smallest absolute Gasteiger partial charge is 0.257 e. The Kier molecular flexibility index (Phi) is 3.61. The molecule has 1 aliphatic rings. The van der Waals surface area contributed by atoms with Crippen LogP contribution in [-0.4, -0.2) is 28.4 Å². The molecule has 0 aliphatic carbocycles. The second kappa shape index (κ2) is 5.17. The first-order valence-electron chi connectivity index (χ1n) is 6.20. The highest BCUT2D eigenvalue weighted by Crippen LogP contribution is 2.20. The van der Waals surface area contributed by atoms with Gasteiger partial charge in [-0.1, -0.05) is 12.8 Å². The molecule has 1 fully saturated rings. The Bertz CT molecular complexity index is 405. The van der Waals surface area contributed by atoms with Gasteiger partial charge in [0, 0.05) is 30.7 Å². The predicted molar refractivity (Wildman–Crippen MR) is 67.6 cm³/mol. The zero-order chi connectivity index (χ0) is 12.3. The quantitative estimate of drug-likeness (QED) is 0.807. The van der Waals surface area contributed by atoms with Gasteiger partial charge >= 0.3 is 0 Å². The van der Waals surface area contributed by atoms with Crippen molar-refractivity contribution in [3.8, 4) is 0 Å². The Morgan fingerprint density at radius 1 is 1.47 bits per heavy atom. The normalized spacial score (nSPS) is 21.0. The van der Waals surface area contributed by atoms with E-state index in [9.17, 15) is 4.79 Å². The van der Waals surface area contributed by atoms with Gasteiger partial charge < -0.3 is 10.6 Å². The molecular weight excluding hydrogens is 214 g/mol. The van der Waals surface area contributed by atoms with Crippen molar-refractivity contribution in [3.63, 3.8) is 0 Å². The molecule has 0 radical (unpaired) electrons. The minimum Gasteiger partial charge on any atom is -0.398 e. The van der Waals surface area contributed by atoms with Crippen LogP contribution in [0.15, 0.2) is 18.5 Å². The molecule has 2 heterocycles. The minimum atomic E-state index is 0.0185. The Morgan fingerprint density at radius 2 is 2.29 bits per heavy atom. The molecule has 0 bridgehead atoms. The number of aromatic nitrogens is 1. The van der Waals surface area contributed by atoms with Gasteiger partial charge in [-0.15, -0.1) is 0 Å². The molecule has 1 aliphatic heterocycles. The van der Waals surface area contributed by atoms with Crippen LogP contribution < -0.4 is 5.73 Å². The molecule has 4 nitrogen and oxygen atoms in total. The van der Waals surface area contributed by atoms with Crippen LogP contribution in [0.2, 0.25) is 0 Å². The van der Waals surface area contributed by atoms with Crippen LogP contribution in [0.25, 0.3) is 0 Å². The first-order chi connectivity index (χ1) is 8.20. The molecule has 4 heteroatoms. The molecule has 1 aromatic rings. The van der Waals surface area contributed by atoms with Crippen LogP contribution in [0, 0.1) is 0 Å². The molecular formula is C13H19N3O. The molecule has 1 saturated heterocycles. The van der Waals surface area contributed by atoms with E-state index in [0.29, 0.717) is 17.3 Å². The number of nitrogen functional groups attached to an aromatic ring is 1. The number of likely N-dealkylation sites (tertiary alicyclic amines) is 1. The fourth-order valence-electron chi connectivity index (χ4n) is 2.32. The standard InChI is InChI=1S/C13H19N3O/c1-10-5-3-2-4-8-16(10)13(17)11-9-15-7-6-12(11)14/h6-7,9-10H,2-5,8H2,1H3,(H2,14,15). The van der Waals surface area contributed by atoms with E-state index in [2.05, 4.69) is 11.9 Å². The Hall–Kier alpha value is -1.58. The fraction of sp³-hybridized carbons (Fsp3) is 0.538. The Labute approximate surface area is 102 Å². The average molecular weight is 233 g/mol. The summed E-state index contributed by atoms with van der Waals surface area (Å²) < 4.78 is 0. The maximum Gasteiger partial charge on any atom is 0.257 e. The summed E-state index contributed by atoms with van der Waals surface area (Å²) in [5.74, 6) is 0.0185. The number of carbonyl (C=O) groups excluding carboxylic acids is 1. The van der Waals surface area contributed by atoms with Crippen molar-refractivity contribution in [1.29, 1.82) is 0 Å². The lowest BCUT2D eigenvalue weighted by molar-refractivity contribution is 0.0698. The van der Waals surface area contributed by atoms with E-state index in [0.717, 1.165) is 19.4 Å². The summed E-state index contributed by atoms with van der Waals surface area (Å²) >= 11 is 0. The molecule has 0 saturated carbocycles. The number of anilines is 1. The van der Waals surface area contributed by atoms with E-state index < -0.39 is 0 Å². The van der Waals surface area contributed by atoms with E-state index in [1.54, 1.807) is 18.5 Å². The number of pyridine rings is 1. The van der Waals surface area contributed by atoms with Gasteiger partial charge in [-0.25, -0.2) is 0 Å². The second-order valence-electron chi connectivity index (χ2n) is 4.66. The van der Waals surface area contributed by atoms with Gasteiger partial charge in [-0.3, -0.25) is 9.78 Å². The number of hydrogen-bond acceptors (Lipinski definition) is 3. The van der Waals surface area contributed by atoms with Crippen LogP contribution in [0.3, 0.4) is 0 Å². The third-order valence-corrected chi connectivity index (χ3v) is 3.40. The molecule has 17 heavy (non-hydrogen) atoms. The zero-order valence-corrected chi connectivity index (χ0v) is 10.2. The summed E-state index contributed by atoms with van der Waals surface area (Å²) in [6.07, 6.45) is 7.74. The van der Waals surface area contributed by atoms with Gasteiger partial charge in [0.1, 0.15) is 0 Å². The lowest BCUT2D eigenvalue weighted by Gasteiger charge is -2.27. The van der Waals surface area contributed by atoms with E-state index in [1.165, 1.54) is 12.8 Å². The SMILES string of the molecule is CC1CCCCCN1C(=O)c1cnccc1N. The number of carbonyl (C=O) groups is 1. The van der Waals surface area contributed by atoms with E-state index in [-0.39, 0.29) is 5.91 Å². The summed E-state index contributed by atoms with van der Waals surface area (Å²) in [5, 5.41) is 0. The molecule has 0 spiro atoms. The number of rotatable bonds is 1. The number of nitrogens with zero attached hydrogens (tertiary/aromatic N) is 2. The molecule has 92 valence electrons. The zero-order valence-electron chi connectivity index (χ0n) is 10.2. The lowest BCUT2D eigenvalue weighted by atomic mass is 10.1. The van der Waals surface area contributed by atoms with Crippen LogP contribution in [0.4, 0.5) is 5.69 Å². The maximum absolute atomic E-state index is 12.4. The summed E-state index contributed by atoms with van der Waals surface area (Å²) in [5.41, 5.74) is 6.87. The first kappa shape index (κ1) is 11.9. The van der Waals surface area contributed by atoms with Crippen molar-refractivity contribution < 1.29 is 4.79 Å². The number of amides is 1. The Morgan fingerprint density at radius 3 is 3.06 bits per heavy atom. The summed E-state index contributed by atoms with van der Waals surface area (Å²) in [6.45, 7) is 2.93. The van der Waals surface area contributed by atoms with Gasteiger partial charge in [0.2, 0.25) is 0 Å². The lowest BCUT2D eigenvalue weighted by Crippen LogP contribution is -2.38. The van der Waals surface area contributed by atoms with Gasteiger partial charge in [0.15, 0.2) is 0 Å².